The zero-order chi connectivity index (χ0) is 9.23. The fraction of sp³-hybridized carbons (Fsp3) is 0.875. The summed E-state index contributed by atoms with van der Waals surface area (Å²) in [5.74, 6) is -1.68. The summed E-state index contributed by atoms with van der Waals surface area (Å²) in [6.45, 7) is 6.62. The first-order valence-corrected chi connectivity index (χ1v) is 3.72. The number of aliphatic carboxylic acids is 1. The molecule has 0 aliphatic rings. The maximum absolute atomic E-state index is 10.6. The van der Waals surface area contributed by atoms with E-state index in [1.54, 1.807) is 13.8 Å². The van der Waals surface area contributed by atoms with E-state index in [9.17, 15) is 9.90 Å². The van der Waals surface area contributed by atoms with E-state index >= 15 is 0 Å². The summed E-state index contributed by atoms with van der Waals surface area (Å²) in [7, 11) is 0. The number of aliphatic hydroxyl groups is 1. The van der Waals surface area contributed by atoms with Gasteiger partial charge in [-0.05, 0) is 19.8 Å². The molecule has 0 aromatic rings. The Bertz CT molecular complexity index is 144. The van der Waals surface area contributed by atoms with Gasteiger partial charge in [0.25, 0.3) is 0 Å². The second-order valence-electron chi connectivity index (χ2n) is 3.71. The summed E-state index contributed by atoms with van der Waals surface area (Å²) in [6.07, 6.45) is 0. The van der Waals surface area contributed by atoms with Crippen molar-refractivity contribution in [3.05, 3.63) is 0 Å². The SMILES string of the molecule is CC(C)C(C(=O)O)C(C)(C)O. The molecule has 0 fully saturated rings. The van der Waals surface area contributed by atoms with Crippen LogP contribution in [0.15, 0.2) is 0 Å². The molecule has 2 N–H and O–H groups in total. The first-order chi connectivity index (χ1) is 4.76. The number of carboxylic acid groups (broad SMARTS) is 1. The molecule has 0 radical (unpaired) electrons. The lowest BCUT2D eigenvalue weighted by molar-refractivity contribution is -0.152. The van der Waals surface area contributed by atoms with E-state index in [-0.39, 0.29) is 5.92 Å². The van der Waals surface area contributed by atoms with E-state index in [2.05, 4.69) is 0 Å². The minimum atomic E-state index is -1.14. The Balaban J connectivity index is 4.49. The van der Waals surface area contributed by atoms with Gasteiger partial charge in [0.15, 0.2) is 0 Å². The lowest BCUT2D eigenvalue weighted by Crippen LogP contribution is -2.40. The Morgan fingerprint density at radius 3 is 1.73 bits per heavy atom. The highest BCUT2D eigenvalue weighted by molar-refractivity contribution is 5.71. The number of rotatable bonds is 3. The molecule has 0 aliphatic heterocycles. The largest absolute Gasteiger partial charge is 0.481 e. The summed E-state index contributed by atoms with van der Waals surface area (Å²) in [5, 5.41) is 18.2. The molecule has 3 heteroatoms. The quantitative estimate of drug-likeness (QED) is 0.650. The summed E-state index contributed by atoms with van der Waals surface area (Å²) < 4.78 is 0. The van der Waals surface area contributed by atoms with E-state index in [4.69, 9.17) is 5.11 Å². The average molecular weight is 160 g/mol. The summed E-state index contributed by atoms with van der Waals surface area (Å²) in [5.41, 5.74) is -1.14. The summed E-state index contributed by atoms with van der Waals surface area (Å²) in [6, 6.07) is 0. The van der Waals surface area contributed by atoms with Gasteiger partial charge in [-0.3, -0.25) is 4.79 Å². The lowest BCUT2D eigenvalue weighted by Gasteiger charge is -2.28. The van der Waals surface area contributed by atoms with E-state index in [1.807, 2.05) is 0 Å². The number of hydrogen-bond acceptors (Lipinski definition) is 2. The monoisotopic (exact) mass is 160 g/mol. The van der Waals surface area contributed by atoms with Crippen LogP contribution in [-0.4, -0.2) is 21.8 Å². The van der Waals surface area contributed by atoms with Gasteiger partial charge in [0.2, 0.25) is 0 Å². The first-order valence-electron chi connectivity index (χ1n) is 3.72. The Kier molecular flexibility index (Phi) is 3.05. The van der Waals surface area contributed by atoms with Crippen molar-refractivity contribution in [3.63, 3.8) is 0 Å². The molecule has 1 unspecified atom stereocenters. The molecule has 66 valence electrons. The Hall–Kier alpha value is -0.570. The Morgan fingerprint density at radius 2 is 1.73 bits per heavy atom. The Labute approximate surface area is 67.0 Å². The maximum Gasteiger partial charge on any atom is 0.309 e. The predicted molar refractivity (Wildman–Crippen MR) is 42.3 cm³/mol. The van der Waals surface area contributed by atoms with E-state index in [0.29, 0.717) is 0 Å². The van der Waals surface area contributed by atoms with Gasteiger partial charge in [-0.25, -0.2) is 0 Å². The van der Waals surface area contributed by atoms with Gasteiger partial charge in [-0.15, -0.1) is 0 Å². The van der Waals surface area contributed by atoms with Gasteiger partial charge in [-0.2, -0.15) is 0 Å². The van der Waals surface area contributed by atoms with Crippen LogP contribution in [0.3, 0.4) is 0 Å². The highest BCUT2D eigenvalue weighted by Gasteiger charge is 2.35. The number of carboxylic acids is 1. The van der Waals surface area contributed by atoms with Gasteiger partial charge in [0, 0.05) is 0 Å². The van der Waals surface area contributed by atoms with E-state index < -0.39 is 17.5 Å². The van der Waals surface area contributed by atoms with Crippen molar-refractivity contribution in [1.82, 2.24) is 0 Å². The zero-order valence-electron chi connectivity index (χ0n) is 7.46. The number of hydrogen-bond donors (Lipinski definition) is 2. The van der Waals surface area contributed by atoms with Gasteiger partial charge < -0.3 is 10.2 Å². The van der Waals surface area contributed by atoms with Crippen LogP contribution < -0.4 is 0 Å². The van der Waals surface area contributed by atoms with Crippen molar-refractivity contribution in [1.29, 1.82) is 0 Å². The predicted octanol–water partition coefficient (Wildman–Crippen LogP) is 1.11. The zero-order valence-corrected chi connectivity index (χ0v) is 7.46. The Morgan fingerprint density at radius 1 is 1.36 bits per heavy atom. The normalized spacial score (nSPS) is 15.1. The highest BCUT2D eigenvalue weighted by Crippen LogP contribution is 2.24. The molecular weight excluding hydrogens is 144 g/mol. The van der Waals surface area contributed by atoms with E-state index in [1.165, 1.54) is 13.8 Å². The minimum absolute atomic E-state index is 0.0486. The van der Waals surface area contributed by atoms with Crippen LogP contribution in [0.5, 0.6) is 0 Å². The molecule has 0 bridgehead atoms. The number of carbonyl (C=O) groups is 1. The molecule has 1 atom stereocenters. The van der Waals surface area contributed by atoms with Gasteiger partial charge >= 0.3 is 5.97 Å². The molecule has 11 heavy (non-hydrogen) atoms. The first kappa shape index (κ1) is 10.4. The van der Waals surface area contributed by atoms with Gasteiger partial charge in [-0.1, -0.05) is 13.8 Å². The molecule has 0 spiro atoms. The van der Waals surface area contributed by atoms with Crippen molar-refractivity contribution in [3.8, 4) is 0 Å². The molecule has 0 aromatic carbocycles. The third-order valence-electron chi connectivity index (χ3n) is 1.69. The second-order valence-corrected chi connectivity index (χ2v) is 3.71. The highest BCUT2D eigenvalue weighted by atomic mass is 16.4. The fourth-order valence-electron chi connectivity index (χ4n) is 1.40. The third-order valence-corrected chi connectivity index (χ3v) is 1.69. The molecule has 0 amide bonds. The minimum Gasteiger partial charge on any atom is -0.481 e. The summed E-state index contributed by atoms with van der Waals surface area (Å²) >= 11 is 0. The molecule has 3 nitrogen and oxygen atoms in total. The second kappa shape index (κ2) is 3.22. The molecule has 0 aromatic heterocycles. The molecule has 0 heterocycles. The van der Waals surface area contributed by atoms with Crippen molar-refractivity contribution in [2.75, 3.05) is 0 Å². The molecular formula is C8H16O3. The third kappa shape index (κ3) is 2.89. The van der Waals surface area contributed by atoms with Crippen LogP contribution in [0, 0.1) is 11.8 Å². The van der Waals surface area contributed by atoms with Crippen LogP contribution in [-0.2, 0) is 4.79 Å². The van der Waals surface area contributed by atoms with Crippen molar-refractivity contribution < 1.29 is 15.0 Å². The van der Waals surface area contributed by atoms with Crippen LogP contribution in [0.25, 0.3) is 0 Å². The standard InChI is InChI=1S/C8H16O3/c1-5(2)6(7(9)10)8(3,4)11/h5-6,11H,1-4H3,(H,9,10). The molecule has 0 aliphatic carbocycles. The fourth-order valence-corrected chi connectivity index (χ4v) is 1.40. The molecule has 0 saturated heterocycles. The molecule has 0 saturated carbocycles. The topological polar surface area (TPSA) is 57.5 Å². The van der Waals surface area contributed by atoms with Crippen LogP contribution in [0.2, 0.25) is 0 Å². The van der Waals surface area contributed by atoms with Crippen molar-refractivity contribution in [2.24, 2.45) is 11.8 Å². The van der Waals surface area contributed by atoms with Crippen LogP contribution >= 0.6 is 0 Å². The molecule has 0 rings (SSSR count). The van der Waals surface area contributed by atoms with Crippen LogP contribution in [0.1, 0.15) is 27.7 Å². The van der Waals surface area contributed by atoms with Gasteiger partial charge in [0.1, 0.15) is 0 Å². The summed E-state index contributed by atoms with van der Waals surface area (Å²) in [4.78, 5) is 10.6. The van der Waals surface area contributed by atoms with E-state index in [0.717, 1.165) is 0 Å². The van der Waals surface area contributed by atoms with Crippen molar-refractivity contribution >= 4 is 5.97 Å². The van der Waals surface area contributed by atoms with Crippen molar-refractivity contribution in [2.45, 2.75) is 33.3 Å². The lowest BCUT2D eigenvalue weighted by atomic mass is 9.82. The van der Waals surface area contributed by atoms with Crippen LogP contribution in [0.4, 0.5) is 0 Å². The maximum atomic E-state index is 10.6. The average Bonchev–Trinajstić information content (AvgIpc) is 1.54. The smallest absolute Gasteiger partial charge is 0.309 e. The van der Waals surface area contributed by atoms with Gasteiger partial charge in [0.05, 0.1) is 11.5 Å².